The molecule has 3 heteroatoms. The van der Waals surface area contributed by atoms with Gasteiger partial charge in [0, 0.05) is 13.6 Å². The van der Waals surface area contributed by atoms with Crippen molar-refractivity contribution in [2.24, 2.45) is 0 Å². The first kappa shape index (κ1) is 9.21. The lowest BCUT2D eigenvalue weighted by atomic mass is 9.98. The van der Waals surface area contributed by atoms with Crippen LogP contribution in [0.4, 0.5) is 0 Å². The zero-order valence-corrected chi connectivity index (χ0v) is 9.11. The van der Waals surface area contributed by atoms with E-state index in [4.69, 9.17) is 0 Å². The first-order valence-electron chi connectivity index (χ1n) is 5.25. The summed E-state index contributed by atoms with van der Waals surface area (Å²) in [7, 11) is 1.25. The van der Waals surface area contributed by atoms with Crippen LogP contribution in [0.2, 0.25) is 0 Å². The fourth-order valence-electron chi connectivity index (χ4n) is 2.23. The van der Waals surface area contributed by atoms with Crippen LogP contribution >= 0.6 is 8.35 Å². The molecule has 0 unspecified atom stereocenters. The number of H-pyrrole nitrogens is 1. The molecule has 2 rings (SSSR count). The van der Waals surface area contributed by atoms with Gasteiger partial charge in [0.1, 0.15) is 0 Å². The maximum atomic E-state index is 4.24. The average Bonchev–Trinajstić information content (AvgIpc) is 2.43. The molecule has 1 fully saturated rings. The molecule has 0 radical (unpaired) electrons. The minimum atomic E-state index is 0.822. The van der Waals surface area contributed by atoms with Gasteiger partial charge in [-0.1, -0.05) is 25.7 Å². The SMILES string of the molecule is Cc1n[nH]pc1C1CCCCCC1. The number of hydrogen-bond donors (Lipinski definition) is 1. The van der Waals surface area contributed by atoms with Crippen LogP contribution in [0.15, 0.2) is 0 Å². The van der Waals surface area contributed by atoms with Gasteiger partial charge in [-0.3, -0.25) is 4.86 Å². The summed E-state index contributed by atoms with van der Waals surface area (Å²) in [4.78, 5) is 3.06. The molecule has 0 amide bonds. The molecule has 0 bridgehead atoms. The van der Waals surface area contributed by atoms with Crippen LogP contribution in [0.5, 0.6) is 0 Å². The molecule has 1 aromatic heterocycles. The molecule has 0 saturated heterocycles. The molecular weight excluding hydrogens is 179 g/mol. The van der Waals surface area contributed by atoms with E-state index in [1.54, 1.807) is 5.30 Å². The minimum absolute atomic E-state index is 0.822. The third-order valence-corrected chi connectivity index (χ3v) is 4.13. The number of aryl methyl sites for hydroxylation is 1. The monoisotopic (exact) mass is 196 g/mol. The average molecular weight is 196 g/mol. The summed E-state index contributed by atoms with van der Waals surface area (Å²) in [6.45, 7) is 2.13. The van der Waals surface area contributed by atoms with Gasteiger partial charge in [0.05, 0.1) is 5.69 Å². The molecule has 1 aliphatic carbocycles. The lowest BCUT2D eigenvalue weighted by molar-refractivity contribution is 0.598. The highest BCUT2D eigenvalue weighted by Gasteiger charge is 2.17. The fraction of sp³-hybridized carbons (Fsp3) is 0.800. The van der Waals surface area contributed by atoms with E-state index in [1.807, 2.05) is 0 Å². The van der Waals surface area contributed by atoms with E-state index in [9.17, 15) is 0 Å². The maximum Gasteiger partial charge on any atom is 0.0674 e. The normalized spacial score (nSPS) is 20.7. The summed E-state index contributed by atoms with van der Waals surface area (Å²) in [5.41, 5.74) is 1.24. The van der Waals surface area contributed by atoms with Crippen molar-refractivity contribution in [3.63, 3.8) is 0 Å². The Morgan fingerprint density at radius 1 is 1.23 bits per heavy atom. The van der Waals surface area contributed by atoms with Crippen LogP contribution in [-0.2, 0) is 0 Å². The van der Waals surface area contributed by atoms with Gasteiger partial charge in [-0.05, 0) is 25.7 Å². The van der Waals surface area contributed by atoms with E-state index in [-0.39, 0.29) is 0 Å². The van der Waals surface area contributed by atoms with Gasteiger partial charge < -0.3 is 0 Å². The van der Waals surface area contributed by atoms with Crippen LogP contribution in [0.3, 0.4) is 0 Å². The molecule has 13 heavy (non-hydrogen) atoms. The Labute approximate surface area is 81.3 Å². The van der Waals surface area contributed by atoms with Crippen molar-refractivity contribution in [2.75, 3.05) is 0 Å². The fourth-order valence-corrected chi connectivity index (χ4v) is 3.19. The van der Waals surface area contributed by atoms with Crippen molar-refractivity contribution in [1.82, 2.24) is 9.96 Å². The molecular formula is C10H17N2P. The van der Waals surface area contributed by atoms with E-state index < -0.39 is 0 Å². The Balaban J connectivity index is 2.10. The van der Waals surface area contributed by atoms with Crippen LogP contribution in [0.1, 0.15) is 55.4 Å². The third kappa shape index (κ3) is 2.11. The number of rotatable bonds is 1. The largest absolute Gasteiger partial charge is 0.260 e. The first-order valence-corrected chi connectivity index (χ1v) is 6.14. The Morgan fingerprint density at radius 3 is 2.46 bits per heavy atom. The van der Waals surface area contributed by atoms with E-state index in [0.29, 0.717) is 0 Å². The lowest BCUT2D eigenvalue weighted by Crippen LogP contribution is -1.95. The molecule has 1 aromatic rings. The van der Waals surface area contributed by atoms with Crippen molar-refractivity contribution < 1.29 is 0 Å². The maximum absolute atomic E-state index is 4.24. The molecule has 72 valence electrons. The van der Waals surface area contributed by atoms with Crippen molar-refractivity contribution in [3.05, 3.63) is 11.0 Å². The van der Waals surface area contributed by atoms with Gasteiger partial charge >= 0.3 is 0 Å². The van der Waals surface area contributed by atoms with E-state index in [2.05, 4.69) is 16.9 Å². The molecule has 0 atom stereocenters. The second kappa shape index (κ2) is 4.23. The van der Waals surface area contributed by atoms with Crippen LogP contribution < -0.4 is 0 Å². The Bertz CT molecular complexity index is 262. The van der Waals surface area contributed by atoms with E-state index in [0.717, 1.165) is 5.92 Å². The molecule has 1 N–H and O–H groups in total. The van der Waals surface area contributed by atoms with E-state index >= 15 is 0 Å². The van der Waals surface area contributed by atoms with Gasteiger partial charge in [-0.15, -0.1) is 0 Å². The Hall–Kier alpha value is -0.360. The Morgan fingerprint density at radius 2 is 1.92 bits per heavy atom. The second-order valence-electron chi connectivity index (χ2n) is 3.98. The molecule has 0 aromatic carbocycles. The van der Waals surface area contributed by atoms with Crippen LogP contribution in [0.25, 0.3) is 0 Å². The molecule has 0 spiro atoms. The molecule has 2 nitrogen and oxygen atoms in total. The molecule has 1 aliphatic rings. The standard InChI is InChI=1S/C10H17N2P/c1-8-10(13-12-11-8)9-6-4-2-3-5-7-9/h9H,2-7H2,1H3,(H,11,12). The predicted molar refractivity (Wildman–Crippen MR) is 56.3 cm³/mol. The first-order chi connectivity index (χ1) is 6.38. The number of nitrogens with zero attached hydrogens (tertiary/aromatic N) is 1. The zero-order chi connectivity index (χ0) is 9.10. The van der Waals surface area contributed by atoms with Crippen LogP contribution in [0, 0.1) is 6.92 Å². The number of hydrogen-bond acceptors (Lipinski definition) is 1. The summed E-state index contributed by atoms with van der Waals surface area (Å²) >= 11 is 0. The van der Waals surface area contributed by atoms with Gasteiger partial charge in [-0.25, -0.2) is 0 Å². The molecule has 1 heterocycles. The number of nitrogens with one attached hydrogen (secondary N) is 1. The highest BCUT2D eigenvalue weighted by atomic mass is 31.0. The van der Waals surface area contributed by atoms with Crippen molar-refractivity contribution in [3.8, 4) is 0 Å². The van der Waals surface area contributed by atoms with Gasteiger partial charge in [0.2, 0.25) is 0 Å². The van der Waals surface area contributed by atoms with Gasteiger partial charge in [0.25, 0.3) is 0 Å². The smallest absolute Gasteiger partial charge is 0.0674 e. The second-order valence-corrected chi connectivity index (χ2v) is 4.89. The highest BCUT2D eigenvalue weighted by Crippen LogP contribution is 2.35. The number of aromatic nitrogens is 2. The number of aromatic amines is 1. The Kier molecular flexibility index (Phi) is 3.00. The molecule has 0 aliphatic heterocycles. The van der Waals surface area contributed by atoms with Crippen molar-refractivity contribution >= 4 is 8.35 Å². The minimum Gasteiger partial charge on any atom is -0.260 e. The van der Waals surface area contributed by atoms with E-state index in [1.165, 1.54) is 52.6 Å². The predicted octanol–water partition coefficient (Wildman–Crippen LogP) is 3.74. The summed E-state index contributed by atoms with van der Waals surface area (Å²) in [6, 6.07) is 0. The molecule has 1 saturated carbocycles. The van der Waals surface area contributed by atoms with Gasteiger partial charge in [-0.2, -0.15) is 5.10 Å². The third-order valence-electron chi connectivity index (χ3n) is 3.00. The summed E-state index contributed by atoms with van der Waals surface area (Å²) in [6.07, 6.45) is 8.47. The summed E-state index contributed by atoms with van der Waals surface area (Å²) in [5.74, 6) is 0.822. The lowest BCUT2D eigenvalue weighted by Gasteiger charge is -2.11. The van der Waals surface area contributed by atoms with Crippen LogP contribution in [-0.4, -0.2) is 9.96 Å². The van der Waals surface area contributed by atoms with Crippen molar-refractivity contribution in [1.29, 1.82) is 0 Å². The highest BCUT2D eigenvalue weighted by molar-refractivity contribution is 7.26. The topological polar surface area (TPSA) is 28.7 Å². The quantitative estimate of drug-likeness (QED) is 0.681. The summed E-state index contributed by atoms with van der Waals surface area (Å²) in [5, 5.41) is 5.80. The van der Waals surface area contributed by atoms with Gasteiger partial charge in [0.15, 0.2) is 0 Å². The summed E-state index contributed by atoms with van der Waals surface area (Å²) < 4.78 is 0. The van der Waals surface area contributed by atoms with Crippen molar-refractivity contribution in [2.45, 2.75) is 51.4 Å². The zero-order valence-electron chi connectivity index (χ0n) is 8.21.